The second kappa shape index (κ2) is 19.7. The quantitative estimate of drug-likeness (QED) is 0.0857. The summed E-state index contributed by atoms with van der Waals surface area (Å²) in [6, 6.07) is 13.2. The molecule has 3 fully saturated rings. The number of H-pyrrole nitrogens is 2. The lowest BCUT2D eigenvalue weighted by Gasteiger charge is -2.40. The lowest BCUT2D eigenvalue weighted by Crippen LogP contribution is -2.56. The maximum Gasteiger partial charge on any atom is 0.407 e. The number of methoxy groups -OCH3 is 2. The van der Waals surface area contributed by atoms with Crippen molar-refractivity contribution in [1.29, 1.82) is 0 Å². The average molecular weight is 1030 g/mol. The summed E-state index contributed by atoms with van der Waals surface area (Å²) in [5, 5.41) is 6.46. The minimum absolute atomic E-state index is 0.0631. The summed E-state index contributed by atoms with van der Waals surface area (Å²) in [5.41, 5.74) is 4.60. The smallest absolute Gasteiger partial charge is 0.407 e. The number of likely N-dealkylation sites (tertiary alicyclic amines) is 2. The van der Waals surface area contributed by atoms with Crippen molar-refractivity contribution in [3.05, 3.63) is 100 Å². The second-order valence-corrected chi connectivity index (χ2v) is 21.9. The van der Waals surface area contributed by atoms with Crippen LogP contribution >= 0.6 is 11.3 Å². The van der Waals surface area contributed by atoms with E-state index in [4.69, 9.17) is 28.9 Å². The van der Waals surface area contributed by atoms with E-state index in [0.717, 1.165) is 39.9 Å². The van der Waals surface area contributed by atoms with Gasteiger partial charge in [-0.05, 0) is 107 Å². The average Bonchev–Trinajstić information content (AvgIpc) is 4.26. The van der Waals surface area contributed by atoms with Crippen molar-refractivity contribution in [2.75, 3.05) is 20.8 Å². The highest BCUT2D eigenvalue weighted by Gasteiger charge is 2.50. The molecule has 6 aromatic rings. The fraction of sp³-hybridized carbons (Fsp3) is 0.455. The van der Waals surface area contributed by atoms with Crippen molar-refractivity contribution < 1.29 is 42.5 Å². The monoisotopic (exact) mass is 1030 g/mol. The highest BCUT2D eigenvalue weighted by Crippen LogP contribution is 2.50. The molecule has 1 aliphatic carbocycles. The molecular weight excluding hydrogens is 966 g/mol. The minimum Gasteiger partial charge on any atom is -0.464 e. The number of carbonyl (C=O) groups is 4. The summed E-state index contributed by atoms with van der Waals surface area (Å²) >= 11 is 1.66. The number of aromatic nitrogens is 5. The number of fused-ring (bicyclic) bond motifs is 6. The zero-order chi connectivity index (χ0) is 51.7. The third-order valence-corrected chi connectivity index (χ3v) is 16.9. The Balaban J connectivity index is 0.900. The summed E-state index contributed by atoms with van der Waals surface area (Å²) in [7, 11) is 2.57. The zero-order valence-electron chi connectivity index (χ0n) is 42.5. The predicted molar refractivity (Wildman–Crippen MR) is 275 cm³/mol. The Bertz CT molecular complexity index is 3170. The first-order valence-corrected chi connectivity index (χ1v) is 26.5. The third-order valence-electron chi connectivity index (χ3n) is 15.6. The van der Waals surface area contributed by atoms with Gasteiger partial charge < -0.3 is 49.3 Å². The molecule has 0 bridgehead atoms. The van der Waals surface area contributed by atoms with Gasteiger partial charge in [0.05, 0.1) is 90.0 Å². The number of aromatic amines is 2. The Morgan fingerprint density at radius 1 is 0.865 bits per heavy atom. The summed E-state index contributed by atoms with van der Waals surface area (Å²) in [5.74, 6) is 0.610. The SMILES string of the molecule is CCc1ccc(C2Oc3cc(-c4cnc([C@@H]5CCCN5C(=O)[C@@H](NC(=O)OC)C(C)C)[nH]4)cc(F)c3-c3cc4cc(-c5cnc([C@@H]6C[C@H]7C=C[C@H]7N6C(=O)[C@H](NC(=O)OC)C6C[C@@H](C)O[C@@H](C)C6)[nH]5)ccc4n32)s1. The van der Waals surface area contributed by atoms with E-state index in [-0.39, 0.29) is 59.9 Å². The van der Waals surface area contributed by atoms with Gasteiger partial charge in [0.1, 0.15) is 35.3 Å². The lowest BCUT2D eigenvalue weighted by atomic mass is 9.84. The lowest BCUT2D eigenvalue weighted by molar-refractivity contribution is -0.140. The van der Waals surface area contributed by atoms with Crippen LogP contribution in [0.15, 0.2) is 73.1 Å². The van der Waals surface area contributed by atoms with E-state index in [0.29, 0.717) is 72.1 Å². The fourth-order valence-electron chi connectivity index (χ4n) is 12.0. The van der Waals surface area contributed by atoms with E-state index in [2.05, 4.69) is 62.4 Å². The van der Waals surface area contributed by atoms with E-state index in [1.807, 2.05) is 56.9 Å². The van der Waals surface area contributed by atoms with Crippen LogP contribution in [-0.4, -0.2) is 109 Å². The molecule has 2 aromatic carbocycles. The van der Waals surface area contributed by atoms with Crippen LogP contribution < -0.4 is 15.4 Å². The molecule has 4 amide bonds. The number of benzene rings is 2. The number of hydrogen-bond donors (Lipinski definition) is 4. The number of thiophene rings is 1. The number of alkyl carbamates (subject to hydrolysis) is 2. The maximum absolute atomic E-state index is 17.0. The molecule has 4 N–H and O–H groups in total. The van der Waals surface area contributed by atoms with Gasteiger partial charge in [-0.1, -0.05) is 39.0 Å². The number of carbonyl (C=O) groups excluding carboxylic acids is 4. The van der Waals surface area contributed by atoms with E-state index >= 15 is 4.39 Å². The normalized spacial score (nSPS) is 24.7. The standard InChI is InChI=1S/C55H62FN9O8S/c1-8-35-13-16-45(74-35)53-65-40-14-11-30(37-25-58-50(59-37)43-22-31-12-15-39(31)64(43)52(67)48(62-55(69)71-7)34-18-28(4)72-29(5)19-34)20-33(40)23-42(65)46-36(56)21-32(24-44(46)73-53)38-26-57-49(60-38)41-10-9-17-63(41)51(66)47(27(2)3)61-54(68)70-6/h11-16,20-21,23-29,31,34,39,41,43,47-48,53H,8-10,17-19,22H2,1-7H3,(H,57,60)(H,58,59)(H,61,68)(H,62,69)/t28-,29+,31-,34?,39-,41+,43+,47+,48-,53?/m1/s1. The van der Waals surface area contributed by atoms with Crippen LogP contribution in [0.3, 0.4) is 0 Å². The van der Waals surface area contributed by atoms with Crippen molar-refractivity contribution in [2.24, 2.45) is 17.8 Å². The predicted octanol–water partition coefficient (Wildman–Crippen LogP) is 9.59. The molecule has 8 heterocycles. The number of nitrogens with zero attached hydrogens (tertiary/aromatic N) is 5. The number of nitrogens with one attached hydrogen (secondary N) is 4. The first kappa shape index (κ1) is 49.2. The van der Waals surface area contributed by atoms with Crippen molar-refractivity contribution in [3.8, 4) is 39.5 Å². The van der Waals surface area contributed by atoms with Crippen molar-refractivity contribution in [2.45, 2.75) is 122 Å². The Morgan fingerprint density at radius 2 is 1.58 bits per heavy atom. The van der Waals surface area contributed by atoms with Crippen LogP contribution in [0.4, 0.5) is 14.0 Å². The molecular formula is C55H62FN9O8S. The number of amides is 4. The largest absolute Gasteiger partial charge is 0.464 e. The zero-order valence-corrected chi connectivity index (χ0v) is 43.3. The molecule has 4 aliphatic heterocycles. The molecule has 17 nitrogen and oxygen atoms in total. The summed E-state index contributed by atoms with van der Waals surface area (Å²) < 4.78 is 41.8. The molecule has 10 atom stereocenters. The molecule has 0 spiro atoms. The van der Waals surface area contributed by atoms with E-state index in [1.165, 1.54) is 25.2 Å². The van der Waals surface area contributed by atoms with Gasteiger partial charge in [-0.3, -0.25) is 14.2 Å². The van der Waals surface area contributed by atoms with E-state index < -0.39 is 36.3 Å². The van der Waals surface area contributed by atoms with Gasteiger partial charge in [-0.15, -0.1) is 11.3 Å². The highest BCUT2D eigenvalue weighted by molar-refractivity contribution is 7.12. The number of ether oxygens (including phenoxy) is 4. The maximum atomic E-state index is 17.0. The molecule has 5 aliphatic rings. The van der Waals surface area contributed by atoms with Crippen LogP contribution in [0.5, 0.6) is 5.75 Å². The van der Waals surface area contributed by atoms with Gasteiger partial charge in [-0.2, -0.15) is 0 Å². The molecule has 11 rings (SSSR count). The first-order valence-electron chi connectivity index (χ1n) is 25.7. The Labute approximate surface area is 432 Å². The van der Waals surface area contributed by atoms with Crippen molar-refractivity contribution in [3.63, 3.8) is 0 Å². The molecule has 19 heteroatoms. The van der Waals surface area contributed by atoms with Gasteiger partial charge in [0.2, 0.25) is 18.0 Å². The molecule has 4 aromatic heterocycles. The fourth-order valence-corrected chi connectivity index (χ4v) is 12.9. The second-order valence-electron chi connectivity index (χ2n) is 20.7. The summed E-state index contributed by atoms with van der Waals surface area (Å²) in [4.78, 5) is 75.9. The number of rotatable bonds is 12. The van der Waals surface area contributed by atoms with Crippen LogP contribution in [0.2, 0.25) is 0 Å². The number of aryl methyl sites for hydroxylation is 1. The number of halogens is 1. The Morgan fingerprint density at radius 3 is 2.26 bits per heavy atom. The van der Waals surface area contributed by atoms with E-state index in [1.54, 1.807) is 28.6 Å². The molecule has 388 valence electrons. The number of hydrogen-bond acceptors (Lipinski definition) is 11. The van der Waals surface area contributed by atoms with Gasteiger partial charge >= 0.3 is 12.2 Å². The van der Waals surface area contributed by atoms with Gasteiger partial charge in [0.25, 0.3) is 0 Å². The number of imidazole rings is 2. The molecule has 0 radical (unpaired) electrons. The Hall–Kier alpha value is -6.99. The first-order chi connectivity index (χ1) is 35.7. The summed E-state index contributed by atoms with van der Waals surface area (Å²) in [6.45, 7) is 10.4. The van der Waals surface area contributed by atoms with Crippen LogP contribution in [-0.2, 0) is 30.2 Å². The molecule has 3 saturated heterocycles. The Kier molecular flexibility index (Phi) is 13.1. The highest BCUT2D eigenvalue weighted by atomic mass is 32.1. The van der Waals surface area contributed by atoms with Crippen LogP contribution in [0.25, 0.3) is 44.7 Å². The summed E-state index contributed by atoms with van der Waals surface area (Å²) in [6.07, 6.45) is 9.83. The molecule has 74 heavy (non-hydrogen) atoms. The minimum atomic E-state index is -0.797. The van der Waals surface area contributed by atoms with Gasteiger partial charge in [0, 0.05) is 33.9 Å². The topological polar surface area (TPSA) is 198 Å². The third kappa shape index (κ3) is 8.80. The van der Waals surface area contributed by atoms with E-state index in [9.17, 15) is 19.2 Å². The van der Waals surface area contributed by atoms with Gasteiger partial charge in [-0.25, -0.2) is 23.9 Å². The van der Waals surface area contributed by atoms with Crippen LogP contribution in [0.1, 0.15) is 106 Å². The van der Waals surface area contributed by atoms with Crippen molar-refractivity contribution in [1.82, 2.24) is 44.9 Å². The van der Waals surface area contributed by atoms with Crippen LogP contribution in [0, 0.1) is 23.6 Å². The van der Waals surface area contributed by atoms with Gasteiger partial charge in [0.15, 0.2) is 0 Å². The van der Waals surface area contributed by atoms with Crippen molar-refractivity contribution >= 4 is 46.2 Å². The molecule has 0 saturated carbocycles. The molecule has 2 unspecified atom stereocenters.